The third kappa shape index (κ3) is 2.14. The van der Waals surface area contributed by atoms with E-state index in [1.165, 1.54) is 0 Å². The van der Waals surface area contributed by atoms with Crippen LogP contribution in [0.25, 0.3) is 0 Å². The average molecular weight is 234 g/mol. The van der Waals surface area contributed by atoms with Gasteiger partial charge in [-0.05, 0) is 51.0 Å². The van der Waals surface area contributed by atoms with Crippen molar-refractivity contribution in [1.82, 2.24) is 9.78 Å². The zero-order valence-electron chi connectivity index (χ0n) is 10.2. The van der Waals surface area contributed by atoms with Crippen LogP contribution in [0.15, 0.2) is 10.9 Å². The summed E-state index contributed by atoms with van der Waals surface area (Å²) in [4.78, 5) is 12.3. The largest absolute Gasteiger partial charge is 0.356 e. The van der Waals surface area contributed by atoms with Crippen LogP contribution in [0.2, 0.25) is 0 Å². The van der Waals surface area contributed by atoms with Crippen molar-refractivity contribution < 1.29 is 4.74 Å². The van der Waals surface area contributed by atoms with Crippen molar-refractivity contribution in [3.05, 3.63) is 27.7 Å². The number of aryl methyl sites for hydroxylation is 1. The van der Waals surface area contributed by atoms with E-state index >= 15 is 0 Å². The van der Waals surface area contributed by atoms with Crippen LogP contribution in [0.4, 0.5) is 0 Å². The van der Waals surface area contributed by atoms with E-state index in [1.807, 2.05) is 13.0 Å². The van der Waals surface area contributed by atoms with Gasteiger partial charge in [-0.3, -0.25) is 4.79 Å². The molecule has 1 atom stereocenters. The number of hydrogen-bond acceptors (Lipinski definition) is 3. The van der Waals surface area contributed by atoms with Crippen LogP contribution < -0.4 is 5.56 Å². The molecular weight excluding hydrogens is 216 g/mol. The van der Waals surface area contributed by atoms with E-state index in [4.69, 9.17) is 4.74 Å². The van der Waals surface area contributed by atoms with E-state index in [0.29, 0.717) is 5.92 Å². The first-order valence-electron chi connectivity index (χ1n) is 6.47. The van der Waals surface area contributed by atoms with Gasteiger partial charge in [0.1, 0.15) is 0 Å². The van der Waals surface area contributed by atoms with Crippen LogP contribution in [0.5, 0.6) is 0 Å². The van der Waals surface area contributed by atoms with Crippen LogP contribution in [0, 0.1) is 6.92 Å². The van der Waals surface area contributed by atoms with Crippen molar-refractivity contribution in [2.45, 2.75) is 51.2 Å². The standard InChI is InChI=1S/C13H18N2O2/c1-9-8-11(10-5-6-10)13(16)15(14-9)12-4-2-3-7-17-12/h8,10,12H,2-7H2,1H3. The Bertz CT molecular complexity index is 471. The first kappa shape index (κ1) is 11.0. The van der Waals surface area contributed by atoms with Gasteiger partial charge in [0.05, 0.1) is 5.69 Å². The van der Waals surface area contributed by atoms with Gasteiger partial charge in [-0.15, -0.1) is 0 Å². The molecule has 1 saturated carbocycles. The molecule has 0 N–H and O–H groups in total. The van der Waals surface area contributed by atoms with Crippen molar-refractivity contribution in [1.29, 1.82) is 0 Å². The van der Waals surface area contributed by atoms with E-state index in [-0.39, 0.29) is 11.8 Å². The Morgan fingerprint density at radius 3 is 2.82 bits per heavy atom. The predicted molar refractivity (Wildman–Crippen MR) is 64.0 cm³/mol. The van der Waals surface area contributed by atoms with Gasteiger partial charge in [0, 0.05) is 12.2 Å². The topological polar surface area (TPSA) is 44.1 Å². The molecule has 1 aliphatic heterocycles. The molecule has 1 aliphatic carbocycles. The summed E-state index contributed by atoms with van der Waals surface area (Å²) in [5, 5.41) is 4.35. The van der Waals surface area contributed by atoms with Crippen molar-refractivity contribution in [3.63, 3.8) is 0 Å². The lowest BCUT2D eigenvalue weighted by molar-refractivity contribution is -0.0428. The highest BCUT2D eigenvalue weighted by atomic mass is 16.5. The summed E-state index contributed by atoms with van der Waals surface area (Å²) in [6.07, 6.45) is 5.25. The molecule has 1 aromatic heterocycles. The average Bonchev–Trinajstić information content (AvgIpc) is 3.17. The minimum absolute atomic E-state index is 0.0602. The fraction of sp³-hybridized carbons (Fsp3) is 0.692. The van der Waals surface area contributed by atoms with Gasteiger partial charge in [-0.1, -0.05) is 0 Å². The van der Waals surface area contributed by atoms with E-state index in [1.54, 1.807) is 4.68 Å². The van der Waals surface area contributed by atoms with Gasteiger partial charge in [-0.2, -0.15) is 5.10 Å². The van der Waals surface area contributed by atoms with Gasteiger partial charge in [0.25, 0.3) is 5.56 Å². The Morgan fingerprint density at radius 1 is 1.35 bits per heavy atom. The highest BCUT2D eigenvalue weighted by molar-refractivity contribution is 5.22. The number of aromatic nitrogens is 2. The van der Waals surface area contributed by atoms with E-state index in [0.717, 1.165) is 50.0 Å². The Balaban J connectivity index is 1.99. The maximum atomic E-state index is 12.3. The molecule has 0 bridgehead atoms. The molecule has 2 fully saturated rings. The molecule has 0 spiro atoms. The molecule has 3 rings (SSSR count). The van der Waals surface area contributed by atoms with Gasteiger partial charge in [0.2, 0.25) is 0 Å². The summed E-state index contributed by atoms with van der Waals surface area (Å²) in [6, 6.07) is 1.94. The summed E-state index contributed by atoms with van der Waals surface area (Å²) < 4.78 is 7.23. The highest BCUT2D eigenvalue weighted by Gasteiger charge is 2.29. The van der Waals surface area contributed by atoms with Crippen LogP contribution in [0.3, 0.4) is 0 Å². The zero-order valence-corrected chi connectivity index (χ0v) is 10.2. The lowest BCUT2D eigenvalue weighted by Crippen LogP contribution is -2.33. The molecule has 2 heterocycles. The van der Waals surface area contributed by atoms with Gasteiger partial charge in [-0.25, -0.2) is 4.68 Å². The second-order valence-electron chi connectivity index (χ2n) is 5.09. The summed E-state index contributed by atoms with van der Waals surface area (Å²) in [5.74, 6) is 0.471. The van der Waals surface area contributed by atoms with E-state index < -0.39 is 0 Å². The lowest BCUT2D eigenvalue weighted by atomic mass is 10.1. The third-order valence-electron chi connectivity index (χ3n) is 3.53. The first-order valence-corrected chi connectivity index (χ1v) is 6.47. The molecule has 4 nitrogen and oxygen atoms in total. The fourth-order valence-corrected chi connectivity index (χ4v) is 2.46. The molecule has 17 heavy (non-hydrogen) atoms. The first-order chi connectivity index (χ1) is 8.25. The molecule has 92 valence electrons. The van der Waals surface area contributed by atoms with Gasteiger partial charge in [0.15, 0.2) is 6.23 Å². The van der Waals surface area contributed by atoms with Crippen molar-refractivity contribution in [3.8, 4) is 0 Å². The van der Waals surface area contributed by atoms with Gasteiger partial charge >= 0.3 is 0 Å². The monoisotopic (exact) mass is 234 g/mol. The van der Waals surface area contributed by atoms with Crippen LogP contribution in [-0.4, -0.2) is 16.4 Å². The minimum Gasteiger partial charge on any atom is -0.356 e. The number of hydrogen-bond donors (Lipinski definition) is 0. The van der Waals surface area contributed by atoms with Crippen molar-refractivity contribution in [2.24, 2.45) is 0 Å². The zero-order chi connectivity index (χ0) is 11.8. The van der Waals surface area contributed by atoms with Gasteiger partial charge < -0.3 is 4.74 Å². The summed E-state index contributed by atoms with van der Waals surface area (Å²) in [6.45, 7) is 2.69. The minimum atomic E-state index is -0.145. The number of ether oxygens (including phenoxy) is 1. The number of nitrogens with zero attached hydrogens (tertiary/aromatic N) is 2. The van der Waals surface area contributed by atoms with Crippen molar-refractivity contribution in [2.75, 3.05) is 6.61 Å². The summed E-state index contributed by atoms with van der Waals surface area (Å²) >= 11 is 0. The second-order valence-corrected chi connectivity index (χ2v) is 5.09. The maximum absolute atomic E-state index is 12.3. The van der Waals surface area contributed by atoms with Crippen LogP contribution in [0.1, 0.15) is 55.5 Å². The third-order valence-corrected chi connectivity index (χ3v) is 3.53. The molecular formula is C13H18N2O2. The quantitative estimate of drug-likeness (QED) is 0.787. The Hall–Kier alpha value is -1.16. The Kier molecular flexibility index (Phi) is 2.74. The predicted octanol–water partition coefficient (Wildman–Crippen LogP) is 2.13. The molecule has 1 saturated heterocycles. The van der Waals surface area contributed by atoms with Crippen molar-refractivity contribution >= 4 is 0 Å². The highest BCUT2D eigenvalue weighted by Crippen LogP contribution is 2.38. The molecule has 0 aromatic carbocycles. The summed E-state index contributed by atoms with van der Waals surface area (Å²) in [7, 11) is 0. The maximum Gasteiger partial charge on any atom is 0.272 e. The SMILES string of the molecule is Cc1cc(C2CC2)c(=O)n(C2CCCCO2)n1. The Labute approximate surface area is 101 Å². The second kappa shape index (κ2) is 4.26. The molecule has 4 heteroatoms. The fourth-order valence-electron chi connectivity index (χ4n) is 2.46. The molecule has 2 aliphatic rings. The molecule has 0 amide bonds. The van der Waals surface area contributed by atoms with E-state index in [9.17, 15) is 4.79 Å². The lowest BCUT2D eigenvalue weighted by Gasteiger charge is -2.24. The molecule has 1 aromatic rings. The van der Waals surface area contributed by atoms with Crippen LogP contribution >= 0.6 is 0 Å². The molecule has 1 unspecified atom stereocenters. The summed E-state index contributed by atoms with van der Waals surface area (Å²) in [5.41, 5.74) is 1.91. The smallest absolute Gasteiger partial charge is 0.272 e. The normalized spacial score (nSPS) is 24.9. The number of rotatable bonds is 2. The van der Waals surface area contributed by atoms with Crippen LogP contribution in [-0.2, 0) is 4.74 Å². The Morgan fingerprint density at radius 2 is 2.18 bits per heavy atom. The van der Waals surface area contributed by atoms with E-state index in [2.05, 4.69) is 5.10 Å². The molecule has 0 radical (unpaired) electrons.